The molecule has 138 valence electrons. The number of aromatic nitrogens is 1. The van der Waals surface area contributed by atoms with E-state index in [9.17, 15) is 4.79 Å². The maximum Gasteiger partial charge on any atom is 0.276 e. The first-order chi connectivity index (χ1) is 12.7. The smallest absolute Gasteiger partial charge is 0.276 e. The van der Waals surface area contributed by atoms with Crippen molar-refractivity contribution < 1.29 is 14.1 Å². The molecule has 0 bridgehead atoms. The second kappa shape index (κ2) is 7.02. The van der Waals surface area contributed by atoms with E-state index < -0.39 is 0 Å². The van der Waals surface area contributed by atoms with Crippen LogP contribution < -0.4 is 9.64 Å². The Morgan fingerprint density at radius 1 is 1.27 bits per heavy atom. The topological polar surface area (TPSA) is 58.8 Å². The van der Waals surface area contributed by atoms with Gasteiger partial charge in [0.15, 0.2) is 5.69 Å². The predicted octanol–water partition coefficient (Wildman–Crippen LogP) is 2.77. The fourth-order valence-corrected chi connectivity index (χ4v) is 3.87. The van der Waals surface area contributed by atoms with Gasteiger partial charge in [-0.05, 0) is 30.9 Å². The van der Waals surface area contributed by atoms with Gasteiger partial charge >= 0.3 is 0 Å². The zero-order chi connectivity index (χ0) is 18.1. The molecule has 2 aromatic rings. The van der Waals surface area contributed by atoms with Crippen molar-refractivity contribution in [3.63, 3.8) is 0 Å². The van der Waals surface area contributed by atoms with E-state index in [-0.39, 0.29) is 5.91 Å². The molecular weight excluding hydrogens is 330 g/mol. The van der Waals surface area contributed by atoms with Crippen LogP contribution in [0.1, 0.15) is 35.2 Å². The Hall–Kier alpha value is -2.50. The van der Waals surface area contributed by atoms with E-state index in [1.165, 1.54) is 0 Å². The highest BCUT2D eigenvalue weighted by molar-refractivity contribution is 5.94. The van der Waals surface area contributed by atoms with Gasteiger partial charge in [-0.1, -0.05) is 18.1 Å². The molecule has 1 fully saturated rings. The highest BCUT2D eigenvalue weighted by atomic mass is 16.5. The standard InChI is InChI=1S/C20H25N3O3/c1-14-6-7-18-17(12-14)19(21-26-18)20(24)23-10-8-22(9-11-23)15-4-3-5-16(13-15)25-2/h3-5,13-14H,6-12H2,1-2H3/t14-/m1/s1. The summed E-state index contributed by atoms with van der Waals surface area (Å²) < 4.78 is 10.7. The number of hydrogen-bond acceptors (Lipinski definition) is 5. The lowest BCUT2D eigenvalue weighted by Gasteiger charge is -2.36. The summed E-state index contributed by atoms with van der Waals surface area (Å²) in [7, 11) is 1.68. The van der Waals surface area contributed by atoms with Crippen molar-refractivity contribution in [1.82, 2.24) is 10.1 Å². The maximum atomic E-state index is 12.9. The molecule has 1 aromatic carbocycles. The average molecular weight is 355 g/mol. The summed E-state index contributed by atoms with van der Waals surface area (Å²) in [5, 5.41) is 4.11. The summed E-state index contributed by atoms with van der Waals surface area (Å²) in [6.45, 7) is 5.20. The molecule has 6 nitrogen and oxygen atoms in total. The van der Waals surface area contributed by atoms with Crippen LogP contribution in [0.4, 0.5) is 5.69 Å². The third kappa shape index (κ3) is 3.16. The molecule has 2 heterocycles. The Morgan fingerprint density at radius 3 is 2.85 bits per heavy atom. The van der Waals surface area contributed by atoms with E-state index in [2.05, 4.69) is 23.0 Å². The molecule has 0 saturated carbocycles. The summed E-state index contributed by atoms with van der Waals surface area (Å²) in [6, 6.07) is 8.05. The van der Waals surface area contributed by atoms with Gasteiger partial charge in [0.2, 0.25) is 0 Å². The van der Waals surface area contributed by atoms with Crippen LogP contribution >= 0.6 is 0 Å². The highest BCUT2D eigenvalue weighted by Gasteiger charge is 2.31. The number of aryl methyl sites for hydroxylation is 1. The normalized spacial score (nSPS) is 20.0. The summed E-state index contributed by atoms with van der Waals surface area (Å²) in [5.74, 6) is 2.35. The molecule has 0 radical (unpaired) electrons. The second-order valence-electron chi connectivity index (χ2n) is 7.26. The number of fused-ring (bicyclic) bond motifs is 1. The van der Waals surface area contributed by atoms with Gasteiger partial charge < -0.3 is 19.1 Å². The largest absolute Gasteiger partial charge is 0.497 e. The quantitative estimate of drug-likeness (QED) is 0.847. The number of carbonyl (C=O) groups is 1. The predicted molar refractivity (Wildman–Crippen MR) is 98.8 cm³/mol. The van der Waals surface area contributed by atoms with Gasteiger partial charge in [0.25, 0.3) is 5.91 Å². The molecule has 1 aromatic heterocycles. The Kier molecular flexibility index (Phi) is 4.57. The van der Waals surface area contributed by atoms with Crippen LogP contribution in [0, 0.1) is 5.92 Å². The molecule has 2 aliphatic rings. The number of rotatable bonds is 3. The molecule has 1 amide bonds. The van der Waals surface area contributed by atoms with Crippen LogP contribution in [0.25, 0.3) is 0 Å². The Bertz CT molecular complexity index is 793. The summed E-state index contributed by atoms with van der Waals surface area (Å²) in [4.78, 5) is 17.1. The minimum absolute atomic E-state index is 0.00870. The third-order valence-electron chi connectivity index (χ3n) is 5.47. The van der Waals surface area contributed by atoms with Gasteiger partial charge in [-0.25, -0.2) is 0 Å². The number of nitrogens with zero attached hydrogens (tertiary/aromatic N) is 3. The van der Waals surface area contributed by atoms with Gasteiger partial charge in [0, 0.05) is 49.9 Å². The van der Waals surface area contributed by atoms with Crippen LogP contribution in [0.5, 0.6) is 5.75 Å². The maximum absolute atomic E-state index is 12.9. The average Bonchev–Trinajstić information content (AvgIpc) is 3.10. The highest BCUT2D eigenvalue weighted by Crippen LogP contribution is 2.29. The van der Waals surface area contributed by atoms with E-state index in [0.29, 0.717) is 24.7 Å². The molecule has 6 heteroatoms. The van der Waals surface area contributed by atoms with Crippen molar-refractivity contribution in [2.45, 2.75) is 26.2 Å². The number of anilines is 1. The van der Waals surface area contributed by atoms with Crippen LogP contribution in [-0.4, -0.2) is 49.3 Å². The van der Waals surface area contributed by atoms with E-state index >= 15 is 0 Å². The fraction of sp³-hybridized carbons (Fsp3) is 0.500. The minimum atomic E-state index is 0.00870. The lowest BCUT2D eigenvalue weighted by molar-refractivity contribution is 0.0735. The first-order valence-electron chi connectivity index (χ1n) is 9.31. The number of hydrogen-bond donors (Lipinski definition) is 0. The molecule has 26 heavy (non-hydrogen) atoms. The monoisotopic (exact) mass is 355 g/mol. The lowest BCUT2D eigenvalue weighted by atomic mass is 9.88. The van der Waals surface area contributed by atoms with Crippen LogP contribution in [0.15, 0.2) is 28.8 Å². The van der Waals surface area contributed by atoms with E-state index in [4.69, 9.17) is 9.26 Å². The zero-order valence-electron chi connectivity index (χ0n) is 15.4. The van der Waals surface area contributed by atoms with Crippen molar-refractivity contribution in [2.24, 2.45) is 5.92 Å². The van der Waals surface area contributed by atoms with E-state index in [1.807, 2.05) is 23.1 Å². The molecule has 1 aliphatic carbocycles. The molecule has 1 aliphatic heterocycles. The fourth-order valence-electron chi connectivity index (χ4n) is 3.87. The number of benzene rings is 1. The van der Waals surface area contributed by atoms with Crippen molar-refractivity contribution in [2.75, 3.05) is 38.2 Å². The van der Waals surface area contributed by atoms with Gasteiger partial charge in [-0.3, -0.25) is 4.79 Å². The van der Waals surface area contributed by atoms with Crippen LogP contribution in [0.3, 0.4) is 0 Å². The minimum Gasteiger partial charge on any atom is -0.497 e. The van der Waals surface area contributed by atoms with Gasteiger partial charge in [-0.15, -0.1) is 0 Å². The molecule has 0 unspecified atom stereocenters. The SMILES string of the molecule is COc1cccc(N2CCN(C(=O)c3noc4c3C[C@H](C)CC4)CC2)c1. The molecule has 0 N–H and O–H groups in total. The van der Waals surface area contributed by atoms with Crippen molar-refractivity contribution in [1.29, 1.82) is 0 Å². The van der Waals surface area contributed by atoms with Gasteiger partial charge in [0.1, 0.15) is 11.5 Å². The third-order valence-corrected chi connectivity index (χ3v) is 5.47. The first kappa shape index (κ1) is 16.9. The number of methoxy groups -OCH3 is 1. The zero-order valence-corrected chi connectivity index (χ0v) is 15.4. The summed E-state index contributed by atoms with van der Waals surface area (Å²) in [6.07, 6.45) is 2.89. The first-order valence-corrected chi connectivity index (χ1v) is 9.31. The van der Waals surface area contributed by atoms with Gasteiger partial charge in [-0.2, -0.15) is 0 Å². The summed E-state index contributed by atoms with van der Waals surface area (Å²) in [5.41, 5.74) is 2.69. The Balaban J connectivity index is 1.43. The van der Waals surface area contributed by atoms with Crippen molar-refractivity contribution >= 4 is 11.6 Å². The number of carbonyl (C=O) groups excluding carboxylic acids is 1. The molecule has 1 atom stereocenters. The van der Waals surface area contributed by atoms with Gasteiger partial charge in [0.05, 0.1) is 7.11 Å². The molecule has 1 saturated heterocycles. The van der Waals surface area contributed by atoms with Crippen molar-refractivity contribution in [3.05, 3.63) is 41.3 Å². The van der Waals surface area contributed by atoms with E-state index in [1.54, 1.807) is 7.11 Å². The summed E-state index contributed by atoms with van der Waals surface area (Å²) >= 11 is 0. The molecular formula is C20H25N3O3. The number of ether oxygens (including phenoxy) is 1. The van der Waals surface area contributed by atoms with Crippen LogP contribution in [0.2, 0.25) is 0 Å². The van der Waals surface area contributed by atoms with Crippen molar-refractivity contribution in [3.8, 4) is 5.75 Å². The number of amides is 1. The van der Waals surface area contributed by atoms with E-state index in [0.717, 1.165) is 55.1 Å². The molecule has 4 rings (SSSR count). The Morgan fingerprint density at radius 2 is 2.08 bits per heavy atom. The number of piperazine rings is 1. The molecule has 0 spiro atoms. The Labute approximate surface area is 153 Å². The lowest BCUT2D eigenvalue weighted by Crippen LogP contribution is -2.49. The van der Waals surface area contributed by atoms with Crippen LogP contribution in [-0.2, 0) is 12.8 Å². The second-order valence-corrected chi connectivity index (χ2v) is 7.26.